The molecule has 2 aromatic rings. The Morgan fingerprint density at radius 2 is 2.00 bits per heavy atom. The molecule has 5 nitrogen and oxygen atoms in total. The van der Waals surface area contributed by atoms with Gasteiger partial charge in [0.2, 0.25) is 0 Å². The smallest absolute Gasteiger partial charge is 0.252 e. The highest BCUT2D eigenvalue weighted by atomic mass is 16.5. The van der Waals surface area contributed by atoms with Crippen molar-refractivity contribution in [3.8, 4) is 5.75 Å². The van der Waals surface area contributed by atoms with Crippen LogP contribution in [0.4, 0.5) is 0 Å². The molecule has 1 unspecified atom stereocenters. The standard InChI is InChI=1S/C18H18N2O3/c19-18(21)17-14-7-4-8-15(20-22)13(14)9-10-16(17)23-11-12-5-2-1-3-6-12/h1-3,5-6,9-10,15H,4,7-8,11H2,(H2,19,21). The van der Waals surface area contributed by atoms with Gasteiger partial charge in [-0.2, -0.15) is 4.91 Å². The number of hydrogen-bond donors (Lipinski definition) is 1. The lowest BCUT2D eigenvalue weighted by atomic mass is 9.84. The van der Waals surface area contributed by atoms with Crippen molar-refractivity contribution in [3.63, 3.8) is 0 Å². The Balaban J connectivity index is 1.94. The van der Waals surface area contributed by atoms with Gasteiger partial charge in [0.1, 0.15) is 18.4 Å². The van der Waals surface area contributed by atoms with Gasteiger partial charge in [0, 0.05) is 0 Å². The summed E-state index contributed by atoms with van der Waals surface area (Å²) in [7, 11) is 0. The van der Waals surface area contributed by atoms with Gasteiger partial charge in [-0.05, 0) is 42.0 Å². The lowest BCUT2D eigenvalue weighted by Crippen LogP contribution is -2.20. The predicted molar refractivity (Wildman–Crippen MR) is 87.2 cm³/mol. The van der Waals surface area contributed by atoms with Crippen molar-refractivity contribution in [2.45, 2.75) is 31.9 Å². The fourth-order valence-corrected chi connectivity index (χ4v) is 3.09. The van der Waals surface area contributed by atoms with Crippen LogP contribution in [0.3, 0.4) is 0 Å². The zero-order chi connectivity index (χ0) is 16.2. The SMILES string of the molecule is NC(=O)c1c(OCc2ccccc2)ccc2c1CCCC2N=O. The number of rotatable bonds is 5. The molecule has 0 fully saturated rings. The second-order valence-corrected chi connectivity index (χ2v) is 5.66. The van der Waals surface area contributed by atoms with Crippen LogP contribution in [0.1, 0.15) is 45.9 Å². The van der Waals surface area contributed by atoms with Gasteiger partial charge >= 0.3 is 0 Å². The third-order valence-electron chi connectivity index (χ3n) is 4.19. The van der Waals surface area contributed by atoms with Gasteiger partial charge in [-0.25, -0.2) is 0 Å². The highest BCUT2D eigenvalue weighted by molar-refractivity contribution is 5.97. The highest BCUT2D eigenvalue weighted by Gasteiger charge is 2.27. The van der Waals surface area contributed by atoms with Crippen molar-refractivity contribution in [2.24, 2.45) is 10.9 Å². The first-order chi connectivity index (χ1) is 11.2. The number of nitrogens with zero attached hydrogens (tertiary/aromatic N) is 1. The minimum absolute atomic E-state index is 0.356. The molecule has 3 rings (SSSR count). The van der Waals surface area contributed by atoms with Gasteiger partial charge in [-0.3, -0.25) is 4.79 Å². The number of primary amides is 1. The van der Waals surface area contributed by atoms with E-state index in [1.807, 2.05) is 36.4 Å². The summed E-state index contributed by atoms with van der Waals surface area (Å²) in [4.78, 5) is 22.9. The number of carbonyl (C=O) groups is 1. The fraction of sp³-hybridized carbons (Fsp3) is 0.278. The van der Waals surface area contributed by atoms with Crippen LogP contribution in [0.25, 0.3) is 0 Å². The summed E-state index contributed by atoms with van der Waals surface area (Å²) in [6, 6.07) is 12.8. The summed E-state index contributed by atoms with van der Waals surface area (Å²) in [5.41, 5.74) is 8.56. The molecule has 1 aliphatic rings. The maximum atomic E-state index is 11.9. The van der Waals surface area contributed by atoms with E-state index in [4.69, 9.17) is 10.5 Å². The van der Waals surface area contributed by atoms with E-state index < -0.39 is 11.9 Å². The molecule has 2 aromatic carbocycles. The Kier molecular flexibility index (Phi) is 4.37. The predicted octanol–water partition coefficient (Wildman–Crippen LogP) is 3.51. The van der Waals surface area contributed by atoms with Crippen LogP contribution >= 0.6 is 0 Å². The van der Waals surface area contributed by atoms with Gasteiger partial charge in [-0.15, -0.1) is 0 Å². The largest absolute Gasteiger partial charge is 0.488 e. The molecule has 1 amide bonds. The molecule has 0 aliphatic heterocycles. The van der Waals surface area contributed by atoms with Crippen LogP contribution in [0.15, 0.2) is 47.6 Å². The van der Waals surface area contributed by atoms with Crippen molar-refractivity contribution in [2.75, 3.05) is 0 Å². The molecular formula is C18H18N2O3. The van der Waals surface area contributed by atoms with Crippen LogP contribution in [0, 0.1) is 4.91 Å². The average molecular weight is 310 g/mol. The van der Waals surface area contributed by atoms with E-state index in [9.17, 15) is 9.70 Å². The van der Waals surface area contributed by atoms with Gasteiger partial charge in [-0.1, -0.05) is 41.6 Å². The van der Waals surface area contributed by atoms with Gasteiger partial charge < -0.3 is 10.5 Å². The molecule has 1 atom stereocenters. The minimum Gasteiger partial charge on any atom is -0.488 e. The quantitative estimate of drug-likeness (QED) is 0.858. The molecule has 0 spiro atoms. The minimum atomic E-state index is -0.531. The van der Waals surface area contributed by atoms with E-state index in [-0.39, 0.29) is 0 Å². The second kappa shape index (κ2) is 6.60. The summed E-state index contributed by atoms with van der Waals surface area (Å²) < 4.78 is 5.81. The molecule has 2 N–H and O–H groups in total. The third-order valence-corrected chi connectivity index (χ3v) is 4.19. The van der Waals surface area contributed by atoms with Crippen molar-refractivity contribution >= 4 is 5.91 Å². The van der Waals surface area contributed by atoms with E-state index in [0.717, 1.165) is 23.1 Å². The summed E-state index contributed by atoms with van der Waals surface area (Å²) in [5, 5.41) is 3.17. The van der Waals surface area contributed by atoms with Crippen molar-refractivity contribution in [1.29, 1.82) is 0 Å². The van der Waals surface area contributed by atoms with Gasteiger partial charge in [0.25, 0.3) is 5.91 Å². The molecule has 0 aromatic heterocycles. The molecule has 0 saturated carbocycles. The van der Waals surface area contributed by atoms with E-state index in [0.29, 0.717) is 30.8 Å². The van der Waals surface area contributed by atoms with E-state index in [1.165, 1.54) is 0 Å². The molecular weight excluding hydrogens is 292 g/mol. The summed E-state index contributed by atoms with van der Waals surface area (Å²) in [6.07, 6.45) is 2.23. The Hall–Kier alpha value is -2.69. The Labute approximate surface area is 134 Å². The van der Waals surface area contributed by atoms with Gasteiger partial charge in [0.15, 0.2) is 0 Å². The molecule has 23 heavy (non-hydrogen) atoms. The van der Waals surface area contributed by atoms with Crippen LogP contribution in [0.5, 0.6) is 5.75 Å². The van der Waals surface area contributed by atoms with Crippen molar-refractivity contribution < 1.29 is 9.53 Å². The molecule has 0 radical (unpaired) electrons. The van der Waals surface area contributed by atoms with Crippen LogP contribution in [-0.2, 0) is 13.0 Å². The zero-order valence-corrected chi connectivity index (χ0v) is 12.7. The Morgan fingerprint density at radius 1 is 1.22 bits per heavy atom. The summed E-state index contributed by atoms with van der Waals surface area (Å²) in [6.45, 7) is 0.356. The maximum Gasteiger partial charge on any atom is 0.252 e. The van der Waals surface area contributed by atoms with Crippen LogP contribution < -0.4 is 10.5 Å². The molecule has 0 saturated heterocycles. The highest BCUT2D eigenvalue weighted by Crippen LogP contribution is 2.37. The number of amides is 1. The normalized spacial score (nSPS) is 16.4. The number of carbonyl (C=O) groups excluding carboxylic acids is 1. The molecule has 0 bridgehead atoms. The number of nitroso groups, excluding NO2 is 1. The van der Waals surface area contributed by atoms with Crippen molar-refractivity contribution in [1.82, 2.24) is 0 Å². The zero-order valence-electron chi connectivity index (χ0n) is 12.7. The van der Waals surface area contributed by atoms with E-state index in [2.05, 4.69) is 5.18 Å². The Morgan fingerprint density at radius 3 is 2.70 bits per heavy atom. The molecule has 0 heterocycles. The first kappa shape index (κ1) is 15.2. The number of ether oxygens (including phenoxy) is 1. The first-order valence-electron chi connectivity index (χ1n) is 7.65. The monoisotopic (exact) mass is 310 g/mol. The first-order valence-corrected chi connectivity index (χ1v) is 7.65. The average Bonchev–Trinajstić information content (AvgIpc) is 2.59. The summed E-state index contributed by atoms with van der Waals surface area (Å²) in [5.74, 6) is -0.0666. The molecule has 1 aliphatic carbocycles. The summed E-state index contributed by atoms with van der Waals surface area (Å²) >= 11 is 0. The van der Waals surface area contributed by atoms with E-state index >= 15 is 0 Å². The molecule has 5 heteroatoms. The number of hydrogen-bond acceptors (Lipinski definition) is 4. The second-order valence-electron chi connectivity index (χ2n) is 5.66. The van der Waals surface area contributed by atoms with Crippen molar-refractivity contribution in [3.05, 3.63) is 69.6 Å². The number of nitrogens with two attached hydrogens (primary N) is 1. The lowest BCUT2D eigenvalue weighted by Gasteiger charge is -2.23. The maximum absolute atomic E-state index is 11.9. The van der Waals surface area contributed by atoms with E-state index in [1.54, 1.807) is 6.07 Å². The molecule has 118 valence electrons. The number of benzene rings is 2. The third kappa shape index (κ3) is 3.08. The fourth-order valence-electron chi connectivity index (χ4n) is 3.09. The number of fused-ring (bicyclic) bond motifs is 1. The lowest BCUT2D eigenvalue weighted by molar-refractivity contribution is 0.0994. The van der Waals surface area contributed by atoms with Crippen LogP contribution in [-0.4, -0.2) is 5.91 Å². The van der Waals surface area contributed by atoms with Crippen LogP contribution in [0.2, 0.25) is 0 Å². The van der Waals surface area contributed by atoms with Gasteiger partial charge in [0.05, 0.1) is 5.56 Å². The topological polar surface area (TPSA) is 81.8 Å². The Bertz CT molecular complexity index is 729.